The molecule has 2 aromatic heterocycles. The average molecular weight is 285 g/mol. The number of aromatic nitrogens is 3. The van der Waals surface area contributed by atoms with Crippen molar-refractivity contribution in [2.24, 2.45) is 0 Å². The minimum Gasteiger partial charge on any atom is -0.383 e. The lowest BCUT2D eigenvalue weighted by atomic mass is 9.95. The first kappa shape index (κ1) is 15.2. The quantitative estimate of drug-likeness (QED) is 0.906. The Morgan fingerprint density at radius 3 is 2.52 bits per heavy atom. The van der Waals surface area contributed by atoms with Gasteiger partial charge in [0.25, 0.3) is 0 Å². The highest BCUT2D eigenvalue weighted by Crippen LogP contribution is 2.25. The second kappa shape index (κ2) is 5.68. The van der Waals surface area contributed by atoms with Crippen molar-refractivity contribution < 1.29 is 0 Å². The number of nitrogens with zero attached hydrogens (tertiary/aromatic N) is 3. The summed E-state index contributed by atoms with van der Waals surface area (Å²) in [5, 5.41) is 3.35. The molecule has 2 heterocycles. The van der Waals surface area contributed by atoms with Gasteiger partial charge >= 0.3 is 0 Å². The fourth-order valence-electron chi connectivity index (χ4n) is 1.90. The van der Waals surface area contributed by atoms with Gasteiger partial charge in [0.15, 0.2) is 0 Å². The highest BCUT2D eigenvalue weighted by atomic mass is 15.1. The largest absolute Gasteiger partial charge is 0.383 e. The molecule has 0 amide bonds. The minimum absolute atomic E-state index is 0.136. The van der Waals surface area contributed by atoms with Crippen LogP contribution in [0.5, 0.6) is 0 Å². The number of pyridine rings is 1. The van der Waals surface area contributed by atoms with Gasteiger partial charge in [-0.05, 0) is 31.0 Å². The number of aryl methyl sites for hydroxylation is 1. The lowest BCUT2D eigenvalue weighted by Gasteiger charge is -2.20. The van der Waals surface area contributed by atoms with Crippen LogP contribution in [0, 0.1) is 13.8 Å². The number of nitrogens with two attached hydrogens (primary N) is 1. The monoisotopic (exact) mass is 285 g/mol. The third kappa shape index (κ3) is 3.48. The van der Waals surface area contributed by atoms with Crippen molar-refractivity contribution in [1.82, 2.24) is 15.0 Å². The van der Waals surface area contributed by atoms with Crippen LogP contribution in [-0.2, 0) is 12.0 Å². The zero-order chi connectivity index (χ0) is 15.6. The van der Waals surface area contributed by atoms with E-state index in [0.717, 1.165) is 22.8 Å². The molecule has 0 radical (unpaired) electrons. The van der Waals surface area contributed by atoms with Crippen molar-refractivity contribution in [3.63, 3.8) is 0 Å². The van der Waals surface area contributed by atoms with E-state index >= 15 is 0 Å². The third-order valence-electron chi connectivity index (χ3n) is 3.45. The summed E-state index contributed by atoms with van der Waals surface area (Å²) in [7, 11) is 0. The second-order valence-electron chi connectivity index (χ2n) is 6.31. The van der Waals surface area contributed by atoms with Crippen LogP contribution < -0.4 is 11.1 Å². The molecule has 112 valence electrons. The van der Waals surface area contributed by atoms with Crippen LogP contribution in [0.25, 0.3) is 0 Å². The number of hydrogen-bond acceptors (Lipinski definition) is 5. The Morgan fingerprint density at radius 2 is 1.90 bits per heavy atom. The highest BCUT2D eigenvalue weighted by Gasteiger charge is 2.20. The van der Waals surface area contributed by atoms with Crippen molar-refractivity contribution in [3.05, 3.63) is 41.0 Å². The van der Waals surface area contributed by atoms with Crippen molar-refractivity contribution >= 4 is 11.6 Å². The number of rotatable bonds is 3. The molecule has 0 spiro atoms. The normalized spacial score (nSPS) is 11.5. The van der Waals surface area contributed by atoms with Gasteiger partial charge in [0.05, 0.1) is 0 Å². The van der Waals surface area contributed by atoms with Crippen LogP contribution in [0.1, 0.15) is 43.3 Å². The fourth-order valence-corrected chi connectivity index (χ4v) is 1.90. The molecule has 0 aliphatic carbocycles. The first-order chi connectivity index (χ1) is 9.79. The molecule has 2 rings (SSSR count). The molecule has 0 aliphatic heterocycles. The predicted molar refractivity (Wildman–Crippen MR) is 86.2 cm³/mol. The molecule has 21 heavy (non-hydrogen) atoms. The number of nitrogen functional groups attached to an aromatic ring is 1. The Balaban J connectivity index is 2.28. The van der Waals surface area contributed by atoms with Gasteiger partial charge in [-0.25, -0.2) is 9.97 Å². The molecule has 0 aromatic carbocycles. The Hall–Kier alpha value is -2.17. The Morgan fingerprint density at radius 1 is 1.19 bits per heavy atom. The molecule has 0 bridgehead atoms. The SMILES string of the molecule is Cc1ccncc1CNc1nc(C(C)(C)C)nc(N)c1C. The first-order valence-corrected chi connectivity index (χ1v) is 7.07. The molecule has 5 nitrogen and oxygen atoms in total. The molecule has 0 saturated carbocycles. The topological polar surface area (TPSA) is 76.7 Å². The van der Waals surface area contributed by atoms with Gasteiger partial charge in [-0.15, -0.1) is 0 Å². The molecular weight excluding hydrogens is 262 g/mol. The standard InChI is InChI=1S/C16H23N5/c1-10-6-7-18-8-12(10)9-19-14-11(2)13(17)20-15(21-14)16(3,4)5/h6-8H,9H2,1-5H3,(H3,17,19,20,21). The molecule has 0 unspecified atom stereocenters. The average Bonchev–Trinajstić information content (AvgIpc) is 2.40. The van der Waals surface area contributed by atoms with Gasteiger partial charge < -0.3 is 11.1 Å². The maximum Gasteiger partial charge on any atom is 0.138 e. The van der Waals surface area contributed by atoms with E-state index in [1.807, 2.05) is 19.2 Å². The van der Waals surface area contributed by atoms with E-state index in [0.29, 0.717) is 12.4 Å². The van der Waals surface area contributed by atoms with Crippen molar-refractivity contribution in [3.8, 4) is 0 Å². The smallest absolute Gasteiger partial charge is 0.138 e. The lowest BCUT2D eigenvalue weighted by molar-refractivity contribution is 0.546. The molecule has 0 fully saturated rings. The van der Waals surface area contributed by atoms with E-state index in [9.17, 15) is 0 Å². The van der Waals surface area contributed by atoms with E-state index in [2.05, 4.69) is 48.0 Å². The van der Waals surface area contributed by atoms with E-state index < -0.39 is 0 Å². The van der Waals surface area contributed by atoms with Gasteiger partial charge in [-0.2, -0.15) is 0 Å². The zero-order valence-corrected chi connectivity index (χ0v) is 13.4. The maximum atomic E-state index is 6.01. The summed E-state index contributed by atoms with van der Waals surface area (Å²) in [4.78, 5) is 13.2. The van der Waals surface area contributed by atoms with Crippen LogP contribution in [0.3, 0.4) is 0 Å². The first-order valence-electron chi connectivity index (χ1n) is 7.07. The molecule has 5 heteroatoms. The molecule has 3 N–H and O–H groups in total. The summed E-state index contributed by atoms with van der Waals surface area (Å²) in [6.07, 6.45) is 3.66. The summed E-state index contributed by atoms with van der Waals surface area (Å²) in [6.45, 7) is 10.9. The van der Waals surface area contributed by atoms with E-state index in [1.165, 1.54) is 5.56 Å². The van der Waals surface area contributed by atoms with Crippen molar-refractivity contribution in [2.45, 2.75) is 46.6 Å². The molecule has 0 aliphatic rings. The Kier molecular flexibility index (Phi) is 4.11. The highest BCUT2D eigenvalue weighted by molar-refractivity contribution is 5.55. The van der Waals surface area contributed by atoms with Crippen LogP contribution in [0.4, 0.5) is 11.6 Å². The van der Waals surface area contributed by atoms with Crippen LogP contribution >= 0.6 is 0 Å². The minimum atomic E-state index is -0.136. The zero-order valence-electron chi connectivity index (χ0n) is 13.4. The maximum absolute atomic E-state index is 6.01. The van der Waals surface area contributed by atoms with Crippen LogP contribution in [-0.4, -0.2) is 15.0 Å². The van der Waals surface area contributed by atoms with E-state index in [4.69, 9.17) is 5.73 Å². The molecule has 0 saturated heterocycles. The Labute approximate surface area is 126 Å². The number of nitrogens with one attached hydrogen (secondary N) is 1. The van der Waals surface area contributed by atoms with Gasteiger partial charge in [-0.1, -0.05) is 20.8 Å². The number of anilines is 2. The second-order valence-corrected chi connectivity index (χ2v) is 6.31. The molecule has 2 aromatic rings. The molecular formula is C16H23N5. The fraction of sp³-hybridized carbons (Fsp3) is 0.438. The van der Waals surface area contributed by atoms with Gasteiger partial charge in [0.2, 0.25) is 0 Å². The van der Waals surface area contributed by atoms with Crippen LogP contribution in [0.2, 0.25) is 0 Å². The summed E-state index contributed by atoms with van der Waals surface area (Å²) >= 11 is 0. The number of hydrogen-bond donors (Lipinski definition) is 2. The van der Waals surface area contributed by atoms with Crippen molar-refractivity contribution in [2.75, 3.05) is 11.1 Å². The van der Waals surface area contributed by atoms with Gasteiger partial charge in [0, 0.05) is 29.9 Å². The van der Waals surface area contributed by atoms with Crippen LogP contribution in [0.15, 0.2) is 18.5 Å². The van der Waals surface area contributed by atoms with Gasteiger partial charge in [0.1, 0.15) is 17.5 Å². The lowest BCUT2D eigenvalue weighted by Crippen LogP contribution is -2.19. The summed E-state index contributed by atoms with van der Waals surface area (Å²) in [5.74, 6) is 2.06. The summed E-state index contributed by atoms with van der Waals surface area (Å²) < 4.78 is 0. The van der Waals surface area contributed by atoms with Crippen molar-refractivity contribution in [1.29, 1.82) is 0 Å². The van der Waals surface area contributed by atoms with E-state index in [-0.39, 0.29) is 5.41 Å². The van der Waals surface area contributed by atoms with Gasteiger partial charge in [-0.3, -0.25) is 4.98 Å². The summed E-state index contributed by atoms with van der Waals surface area (Å²) in [5.41, 5.74) is 9.10. The summed E-state index contributed by atoms with van der Waals surface area (Å²) in [6, 6.07) is 2.00. The Bertz CT molecular complexity index is 644. The third-order valence-corrected chi connectivity index (χ3v) is 3.45. The molecule has 0 atom stereocenters. The van der Waals surface area contributed by atoms with E-state index in [1.54, 1.807) is 6.20 Å². The predicted octanol–water partition coefficient (Wildman–Crippen LogP) is 2.98.